The Hall–Kier alpha value is -2.89. The van der Waals surface area contributed by atoms with E-state index in [-0.39, 0.29) is 11.8 Å². The zero-order chi connectivity index (χ0) is 17.1. The SMILES string of the molecule is NC(=O)c1cccc(N2CCCN(Cc3ccc(F)cc3)C2=O)c1. The summed E-state index contributed by atoms with van der Waals surface area (Å²) in [5.41, 5.74) is 7.20. The van der Waals surface area contributed by atoms with Crippen LogP contribution in [0.3, 0.4) is 0 Å². The summed E-state index contributed by atoms with van der Waals surface area (Å²) in [5.74, 6) is -0.821. The number of rotatable bonds is 4. The minimum Gasteiger partial charge on any atom is -0.366 e. The second kappa shape index (κ2) is 6.70. The lowest BCUT2D eigenvalue weighted by Crippen LogP contribution is -2.49. The third-order valence-electron chi connectivity index (χ3n) is 4.04. The number of nitrogens with zero attached hydrogens (tertiary/aromatic N) is 2. The Balaban J connectivity index is 1.78. The Labute approximate surface area is 139 Å². The molecule has 124 valence electrons. The van der Waals surface area contributed by atoms with Gasteiger partial charge in [0.15, 0.2) is 0 Å². The molecule has 3 amide bonds. The number of anilines is 1. The summed E-state index contributed by atoms with van der Waals surface area (Å²) in [6, 6.07) is 12.7. The number of benzene rings is 2. The van der Waals surface area contributed by atoms with Gasteiger partial charge in [-0.2, -0.15) is 0 Å². The molecule has 5 nitrogen and oxygen atoms in total. The Morgan fingerprint density at radius 2 is 1.88 bits per heavy atom. The van der Waals surface area contributed by atoms with Crippen LogP contribution in [0.1, 0.15) is 22.3 Å². The Morgan fingerprint density at radius 3 is 2.58 bits per heavy atom. The normalized spacial score (nSPS) is 14.8. The number of halogens is 1. The van der Waals surface area contributed by atoms with Gasteiger partial charge in [0.05, 0.1) is 0 Å². The van der Waals surface area contributed by atoms with Crippen LogP contribution in [0.2, 0.25) is 0 Å². The van der Waals surface area contributed by atoms with Crippen molar-refractivity contribution in [1.82, 2.24) is 4.90 Å². The summed E-state index contributed by atoms with van der Waals surface area (Å²) >= 11 is 0. The van der Waals surface area contributed by atoms with Gasteiger partial charge in [0, 0.05) is 30.9 Å². The second-order valence-corrected chi connectivity index (χ2v) is 5.75. The van der Waals surface area contributed by atoms with Crippen LogP contribution in [0.4, 0.5) is 14.9 Å². The van der Waals surface area contributed by atoms with Crippen molar-refractivity contribution in [3.05, 3.63) is 65.5 Å². The fourth-order valence-corrected chi connectivity index (χ4v) is 2.81. The van der Waals surface area contributed by atoms with Gasteiger partial charge >= 0.3 is 6.03 Å². The molecule has 1 fully saturated rings. The van der Waals surface area contributed by atoms with E-state index in [2.05, 4.69) is 0 Å². The highest BCUT2D eigenvalue weighted by molar-refractivity contribution is 5.97. The first kappa shape index (κ1) is 16.0. The van der Waals surface area contributed by atoms with Gasteiger partial charge in [0.2, 0.25) is 5.91 Å². The van der Waals surface area contributed by atoms with E-state index in [0.717, 1.165) is 12.0 Å². The molecule has 0 atom stereocenters. The van der Waals surface area contributed by atoms with Gasteiger partial charge in [-0.05, 0) is 42.3 Å². The fraction of sp³-hybridized carbons (Fsp3) is 0.222. The zero-order valence-corrected chi connectivity index (χ0v) is 13.1. The summed E-state index contributed by atoms with van der Waals surface area (Å²) in [6.07, 6.45) is 0.813. The molecule has 0 radical (unpaired) electrons. The zero-order valence-electron chi connectivity index (χ0n) is 13.1. The number of urea groups is 1. The first-order chi connectivity index (χ1) is 11.5. The first-order valence-corrected chi connectivity index (χ1v) is 7.75. The Bertz CT molecular complexity index is 761. The Kier molecular flexibility index (Phi) is 4.46. The van der Waals surface area contributed by atoms with E-state index in [1.54, 1.807) is 46.2 Å². The quantitative estimate of drug-likeness (QED) is 0.938. The van der Waals surface area contributed by atoms with E-state index < -0.39 is 5.91 Å². The van der Waals surface area contributed by atoms with Gasteiger partial charge < -0.3 is 10.6 Å². The highest BCUT2D eigenvalue weighted by Gasteiger charge is 2.27. The second-order valence-electron chi connectivity index (χ2n) is 5.75. The molecule has 0 saturated carbocycles. The lowest BCUT2D eigenvalue weighted by molar-refractivity contribution is 0.1000. The maximum absolute atomic E-state index is 13.0. The molecule has 6 heteroatoms. The molecule has 0 aromatic heterocycles. The van der Waals surface area contributed by atoms with E-state index >= 15 is 0 Å². The van der Waals surface area contributed by atoms with E-state index in [9.17, 15) is 14.0 Å². The van der Waals surface area contributed by atoms with Crippen molar-refractivity contribution in [3.63, 3.8) is 0 Å². The highest BCUT2D eigenvalue weighted by atomic mass is 19.1. The smallest absolute Gasteiger partial charge is 0.324 e. The van der Waals surface area contributed by atoms with Crippen molar-refractivity contribution in [1.29, 1.82) is 0 Å². The molecule has 1 saturated heterocycles. The molecule has 2 aromatic carbocycles. The molecule has 2 aromatic rings. The summed E-state index contributed by atoms with van der Waals surface area (Å²) in [6.45, 7) is 1.65. The van der Waals surface area contributed by atoms with Crippen molar-refractivity contribution in [3.8, 4) is 0 Å². The molecule has 1 heterocycles. The molecule has 1 aliphatic rings. The standard InChI is InChI=1S/C18H18FN3O2/c19-15-7-5-13(6-8-15)12-21-9-2-10-22(18(21)24)16-4-1-3-14(11-16)17(20)23/h1,3-8,11H,2,9-10,12H2,(H2,20,23). The number of carbonyl (C=O) groups excluding carboxylic acids is 2. The summed E-state index contributed by atoms with van der Waals surface area (Å²) < 4.78 is 13.0. The lowest BCUT2D eigenvalue weighted by Gasteiger charge is -2.35. The van der Waals surface area contributed by atoms with Crippen LogP contribution >= 0.6 is 0 Å². The predicted octanol–water partition coefficient (Wildman–Crippen LogP) is 2.76. The third-order valence-corrected chi connectivity index (χ3v) is 4.04. The van der Waals surface area contributed by atoms with Crippen LogP contribution < -0.4 is 10.6 Å². The number of primary amides is 1. The van der Waals surface area contributed by atoms with Crippen molar-refractivity contribution < 1.29 is 14.0 Å². The minimum absolute atomic E-state index is 0.132. The van der Waals surface area contributed by atoms with E-state index in [4.69, 9.17) is 5.73 Å². The minimum atomic E-state index is -0.524. The van der Waals surface area contributed by atoms with Gasteiger partial charge in [0.25, 0.3) is 0 Å². The molecular formula is C18H18FN3O2. The average molecular weight is 327 g/mol. The van der Waals surface area contributed by atoms with Crippen LogP contribution in [0.25, 0.3) is 0 Å². The fourth-order valence-electron chi connectivity index (χ4n) is 2.81. The van der Waals surface area contributed by atoms with Crippen molar-refractivity contribution in [2.45, 2.75) is 13.0 Å². The van der Waals surface area contributed by atoms with Crippen molar-refractivity contribution in [2.24, 2.45) is 5.73 Å². The topological polar surface area (TPSA) is 66.6 Å². The van der Waals surface area contributed by atoms with Crippen LogP contribution in [0.15, 0.2) is 48.5 Å². The van der Waals surface area contributed by atoms with E-state index in [1.165, 1.54) is 12.1 Å². The van der Waals surface area contributed by atoms with E-state index in [1.807, 2.05) is 0 Å². The van der Waals surface area contributed by atoms with Crippen LogP contribution in [-0.4, -0.2) is 29.9 Å². The number of amides is 3. The molecule has 0 bridgehead atoms. The molecule has 1 aliphatic heterocycles. The van der Waals surface area contributed by atoms with Gasteiger partial charge in [0.1, 0.15) is 5.82 Å². The number of nitrogens with two attached hydrogens (primary N) is 1. The lowest BCUT2D eigenvalue weighted by atomic mass is 10.1. The van der Waals surface area contributed by atoms with Crippen LogP contribution in [0, 0.1) is 5.82 Å². The molecule has 3 rings (SSSR count). The molecule has 0 aliphatic carbocycles. The van der Waals surface area contributed by atoms with Gasteiger partial charge in [-0.3, -0.25) is 9.69 Å². The average Bonchev–Trinajstić information content (AvgIpc) is 2.59. The number of hydrogen-bond acceptors (Lipinski definition) is 2. The van der Waals surface area contributed by atoms with Gasteiger partial charge in [-0.1, -0.05) is 18.2 Å². The maximum atomic E-state index is 13.0. The number of hydrogen-bond donors (Lipinski definition) is 1. The van der Waals surface area contributed by atoms with E-state index in [0.29, 0.717) is 30.9 Å². The molecule has 2 N–H and O–H groups in total. The van der Waals surface area contributed by atoms with Gasteiger partial charge in [-0.25, -0.2) is 9.18 Å². The summed E-state index contributed by atoms with van der Waals surface area (Å²) in [4.78, 5) is 27.4. The Morgan fingerprint density at radius 1 is 1.12 bits per heavy atom. The summed E-state index contributed by atoms with van der Waals surface area (Å²) in [7, 11) is 0. The predicted molar refractivity (Wildman–Crippen MR) is 89.1 cm³/mol. The van der Waals surface area contributed by atoms with Crippen molar-refractivity contribution >= 4 is 17.6 Å². The largest absolute Gasteiger partial charge is 0.366 e. The number of carbonyl (C=O) groups is 2. The highest BCUT2D eigenvalue weighted by Crippen LogP contribution is 2.22. The molecule has 0 spiro atoms. The monoisotopic (exact) mass is 327 g/mol. The molecule has 24 heavy (non-hydrogen) atoms. The molecular weight excluding hydrogens is 309 g/mol. The third kappa shape index (κ3) is 3.37. The first-order valence-electron chi connectivity index (χ1n) is 7.75. The maximum Gasteiger partial charge on any atom is 0.324 e. The van der Waals surface area contributed by atoms with Crippen molar-refractivity contribution in [2.75, 3.05) is 18.0 Å². The van der Waals surface area contributed by atoms with Gasteiger partial charge in [-0.15, -0.1) is 0 Å². The van der Waals surface area contributed by atoms with Crippen LogP contribution in [0.5, 0.6) is 0 Å². The van der Waals surface area contributed by atoms with Crippen LogP contribution in [-0.2, 0) is 6.54 Å². The summed E-state index contributed by atoms with van der Waals surface area (Å²) in [5, 5.41) is 0. The molecule has 0 unspecified atom stereocenters.